The van der Waals surface area contributed by atoms with Crippen molar-refractivity contribution in [1.82, 2.24) is 15.0 Å². The lowest BCUT2D eigenvalue weighted by Crippen LogP contribution is -1.89. The lowest BCUT2D eigenvalue weighted by Gasteiger charge is -1.89. The molecule has 4 nitrogen and oxygen atoms in total. The molecule has 0 spiro atoms. The Bertz CT molecular complexity index is 359. The molecule has 0 bridgehead atoms. The number of nitrogen functional groups attached to an aromatic ring is 1. The summed E-state index contributed by atoms with van der Waals surface area (Å²) >= 11 is 0. The number of nitrogens with one attached hydrogen (secondary N) is 1. The fourth-order valence-corrected chi connectivity index (χ4v) is 0.889. The van der Waals surface area contributed by atoms with E-state index >= 15 is 0 Å². The van der Waals surface area contributed by atoms with Gasteiger partial charge in [0.15, 0.2) is 5.82 Å². The Morgan fingerprint density at radius 2 is 2.00 bits per heavy atom. The van der Waals surface area contributed by atoms with Gasteiger partial charge in [0.25, 0.3) is 0 Å². The van der Waals surface area contributed by atoms with Crippen molar-refractivity contribution in [3.8, 4) is 0 Å². The molecule has 12 heavy (non-hydrogen) atoms. The molecule has 0 aliphatic rings. The number of fused-ring (bicyclic) bond motifs is 1. The SMILES string of the molecule is Cl.Cl.Nc1nccc2[nH]cnc12. The van der Waals surface area contributed by atoms with Crippen LogP contribution in [0, 0.1) is 0 Å². The van der Waals surface area contributed by atoms with Crippen molar-refractivity contribution in [2.75, 3.05) is 5.73 Å². The van der Waals surface area contributed by atoms with Crippen molar-refractivity contribution in [2.45, 2.75) is 0 Å². The average molecular weight is 207 g/mol. The van der Waals surface area contributed by atoms with Crippen molar-refractivity contribution >= 4 is 41.7 Å². The number of hydrogen-bond donors (Lipinski definition) is 2. The van der Waals surface area contributed by atoms with Crippen LogP contribution in [0.2, 0.25) is 0 Å². The van der Waals surface area contributed by atoms with Crippen molar-refractivity contribution < 1.29 is 0 Å². The van der Waals surface area contributed by atoms with Gasteiger partial charge in [0.1, 0.15) is 5.52 Å². The molecular formula is C6H8Cl2N4. The van der Waals surface area contributed by atoms with Crippen LogP contribution in [0.3, 0.4) is 0 Å². The molecule has 0 aliphatic heterocycles. The number of rotatable bonds is 0. The summed E-state index contributed by atoms with van der Waals surface area (Å²) in [7, 11) is 0. The average Bonchev–Trinajstić information content (AvgIpc) is 2.36. The molecule has 6 heteroatoms. The first kappa shape index (κ1) is 11.0. The Hall–Kier alpha value is -1.00. The maximum atomic E-state index is 5.51. The number of pyridine rings is 1. The molecule has 0 unspecified atom stereocenters. The number of imidazole rings is 1. The van der Waals surface area contributed by atoms with Crippen LogP contribution < -0.4 is 5.73 Å². The van der Waals surface area contributed by atoms with Gasteiger partial charge in [-0.1, -0.05) is 0 Å². The molecular weight excluding hydrogens is 199 g/mol. The van der Waals surface area contributed by atoms with Crippen LogP contribution in [0.5, 0.6) is 0 Å². The molecule has 0 saturated heterocycles. The Balaban J connectivity index is 0.000000605. The van der Waals surface area contributed by atoms with Crippen LogP contribution >= 0.6 is 24.8 Å². The lowest BCUT2D eigenvalue weighted by molar-refractivity contribution is 1.33. The van der Waals surface area contributed by atoms with Gasteiger partial charge in [-0.3, -0.25) is 0 Å². The highest BCUT2D eigenvalue weighted by molar-refractivity contribution is 5.85. The maximum absolute atomic E-state index is 5.51. The number of anilines is 1. The third-order valence-corrected chi connectivity index (χ3v) is 1.37. The summed E-state index contributed by atoms with van der Waals surface area (Å²) in [6, 6.07) is 1.83. The first-order valence-electron chi connectivity index (χ1n) is 2.91. The molecule has 0 aromatic carbocycles. The molecule has 2 heterocycles. The summed E-state index contributed by atoms with van der Waals surface area (Å²) in [6.07, 6.45) is 3.25. The second-order valence-corrected chi connectivity index (χ2v) is 1.99. The molecule has 66 valence electrons. The summed E-state index contributed by atoms with van der Waals surface area (Å²) in [6.45, 7) is 0. The molecule has 0 radical (unpaired) electrons. The fourth-order valence-electron chi connectivity index (χ4n) is 0.889. The second kappa shape index (κ2) is 4.13. The molecule has 0 atom stereocenters. The molecule has 0 amide bonds. The van der Waals surface area contributed by atoms with E-state index in [0.29, 0.717) is 5.82 Å². The largest absolute Gasteiger partial charge is 0.382 e. The van der Waals surface area contributed by atoms with Gasteiger partial charge in [-0.15, -0.1) is 24.8 Å². The summed E-state index contributed by atoms with van der Waals surface area (Å²) in [5.41, 5.74) is 7.17. The smallest absolute Gasteiger partial charge is 0.151 e. The molecule has 2 aromatic heterocycles. The van der Waals surface area contributed by atoms with Gasteiger partial charge in [0.05, 0.1) is 11.8 Å². The first-order valence-corrected chi connectivity index (χ1v) is 2.91. The summed E-state index contributed by atoms with van der Waals surface area (Å²) < 4.78 is 0. The van der Waals surface area contributed by atoms with Crippen LogP contribution in [0.25, 0.3) is 11.0 Å². The molecule has 0 aliphatic carbocycles. The number of halogens is 2. The first-order chi connectivity index (χ1) is 4.88. The van der Waals surface area contributed by atoms with Crippen LogP contribution in [0.15, 0.2) is 18.6 Å². The molecule has 3 N–H and O–H groups in total. The van der Waals surface area contributed by atoms with E-state index in [-0.39, 0.29) is 24.8 Å². The zero-order chi connectivity index (χ0) is 6.97. The van der Waals surface area contributed by atoms with Crippen LogP contribution in [0.1, 0.15) is 0 Å². The van der Waals surface area contributed by atoms with E-state index in [0.717, 1.165) is 11.0 Å². The quantitative estimate of drug-likeness (QED) is 0.685. The minimum absolute atomic E-state index is 0. The summed E-state index contributed by atoms with van der Waals surface area (Å²) in [5.74, 6) is 0.471. The third kappa shape index (κ3) is 1.60. The standard InChI is InChI=1S/C6H6N4.2ClH/c7-6-5-4(1-2-8-6)9-3-10-5;;/h1-3H,(H2,7,8)(H,9,10);2*1H. The highest BCUT2D eigenvalue weighted by atomic mass is 35.5. The van der Waals surface area contributed by atoms with Gasteiger partial charge >= 0.3 is 0 Å². The highest BCUT2D eigenvalue weighted by Gasteiger charge is 1.97. The normalized spacial score (nSPS) is 8.67. The van der Waals surface area contributed by atoms with E-state index < -0.39 is 0 Å². The monoisotopic (exact) mass is 206 g/mol. The zero-order valence-electron chi connectivity index (χ0n) is 6.02. The fraction of sp³-hybridized carbons (Fsp3) is 0. The predicted molar refractivity (Wildman–Crippen MR) is 52.8 cm³/mol. The number of aromatic nitrogens is 3. The van der Waals surface area contributed by atoms with E-state index in [2.05, 4.69) is 15.0 Å². The van der Waals surface area contributed by atoms with Gasteiger partial charge in [-0.2, -0.15) is 0 Å². The zero-order valence-corrected chi connectivity index (χ0v) is 7.65. The Kier molecular flexibility index (Phi) is 3.79. The lowest BCUT2D eigenvalue weighted by atomic mass is 10.4. The minimum Gasteiger partial charge on any atom is -0.382 e. The third-order valence-electron chi connectivity index (χ3n) is 1.37. The maximum Gasteiger partial charge on any atom is 0.151 e. The van der Waals surface area contributed by atoms with Crippen LogP contribution in [0.4, 0.5) is 5.82 Å². The van der Waals surface area contributed by atoms with Crippen LogP contribution in [-0.4, -0.2) is 15.0 Å². The van der Waals surface area contributed by atoms with Crippen LogP contribution in [-0.2, 0) is 0 Å². The van der Waals surface area contributed by atoms with Gasteiger partial charge in [0.2, 0.25) is 0 Å². The van der Waals surface area contributed by atoms with E-state index in [1.165, 1.54) is 0 Å². The number of hydrogen-bond acceptors (Lipinski definition) is 3. The highest BCUT2D eigenvalue weighted by Crippen LogP contribution is 2.11. The number of nitrogens with two attached hydrogens (primary N) is 1. The van der Waals surface area contributed by atoms with E-state index in [4.69, 9.17) is 5.73 Å². The number of aromatic amines is 1. The Labute approximate surface area is 81.4 Å². The van der Waals surface area contributed by atoms with E-state index in [1.807, 2.05) is 6.07 Å². The molecule has 0 fully saturated rings. The topological polar surface area (TPSA) is 67.6 Å². The molecule has 2 rings (SSSR count). The van der Waals surface area contributed by atoms with Crippen molar-refractivity contribution in [3.05, 3.63) is 18.6 Å². The van der Waals surface area contributed by atoms with Gasteiger partial charge in [-0.05, 0) is 6.07 Å². The molecule has 2 aromatic rings. The summed E-state index contributed by atoms with van der Waals surface area (Å²) in [4.78, 5) is 10.8. The van der Waals surface area contributed by atoms with Gasteiger partial charge in [0, 0.05) is 6.20 Å². The Morgan fingerprint density at radius 1 is 1.25 bits per heavy atom. The predicted octanol–water partition coefficient (Wildman–Crippen LogP) is 1.38. The summed E-state index contributed by atoms with van der Waals surface area (Å²) in [5, 5.41) is 0. The minimum atomic E-state index is 0. The van der Waals surface area contributed by atoms with E-state index in [9.17, 15) is 0 Å². The van der Waals surface area contributed by atoms with E-state index in [1.54, 1.807) is 12.5 Å². The van der Waals surface area contributed by atoms with Crippen molar-refractivity contribution in [1.29, 1.82) is 0 Å². The van der Waals surface area contributed by atoms with Gasteiger partial charge < -0.3 is 10.7 Å². The van der Waals surface area contributed by atoms with Crippen molar-refractivity contribution in [3.63, 3.8) is 0 Å². The number of nitrogens with zero attached hydrogens (tertiary/aromatic N) is 2. The Morgan fingerprint density at radius 3 is 2.67 bits per heavy atom. The molecule has 0 saturated carbocycles. The number of H-pyrrole nitrogens is 1. The van der Waals surface area contributed by atoms with Crippen molar-refractivity contribution in [2.24, 2.45) is 0 Å². The second-order valence-electron chi connectivity index (χ2n) is 1.99. The van der Waals surface area contributed by atoms with Gasteiger partial charge in [-0.25, -0.2) is 9.97 Å².